The number of nitrogens with zero attached hydrogens (tertiary/aromatic N) is 2. The van der Waals surface area contributed by atoms with Crippen LogP contribution in [0, 0.1) is 0 Å². The number of fused-ring (bicyclic) bond motifs is 1. The fourth-order valence-corrected chi connectivity index (χ4v) is 3.12. The Morgan fingerprint density at radius 3 is 2.64 bits per heavy atom. The van der Waals surface area contributed by atoms with Crippen LogP contribution in [0.2, 0.25) is 5.02 Å². The van der Waals surface area contributed by atoms with Crippen LogP contribution >= 0.6 is 11.6 Å². The largest absolute Gasteiger partial charge is 0.471 e. The molecule has 0 saturated heterocycles. The van der Waals surface area contributed by atoms with Crippen molar-refractivity contribution in [3.63, 3.8) is 0 Å². The number of carbonyl (C=O) groups excluding carboxylic acids is 1. The van der Waals surface area contributed by atoms with Crippen LogP contribution in [0.15, 0.2) is 36.7 Å². The molecule has 0 saturated carbocycles. The standard InChI is InChI=1S/C17H15ClF3N3O/c18-14-4-3-11-5-8-24(16(25)17(19,20)21)9-6-13(11)15(14)23-12-2-1-7-22-10-12/h1-4,7,10,23H,5-6,8-9H2. The van der Waals surface area contributed by atoms with Crippen molar-refractivity contribution < 1.29 is 18.0 Å². The number of rotatable bonds is 2. The van der Waals surface area contributed by atoms with Crippen LogP contribution < -0.4 is 5.32 Å². The highest BCUT2D eigenvalue weighted by Gasteiger charge is 2.42. The lowest BCUT2D eigenvalue weighted by molar-refractivity contribution is -0.185. The summed E-state index contributed by atoms with van der Waals surface area (Å²) in [5, 5.41) is 3.65. The Hall–Kier alpha value is -2.28. The molecule has 1 aromatic carbocycles. The highest BCUT2D eigenvalue weighted by Crippen LogP contribution is 2.34. The maximum Gasteiger partial charge on any atom is 0.471 e. The molecule has 0 radical (unpaired) electrons. The van der Waals surface area contributed by atoms with E-state index in [1.54, 1.807) is 30.6 Å². The average Bonchev–Trinajstić information content (AvgIpc) is 2.79. The van der Waals surface area contributed by atoms with Gasteiger partial charge in [0.05, 0.1) is 22.6 Å². The molecule has 1 amide bonds. The lowest BCUT2D eigenvalue weighted by Gasteiger charge is -2.21. The molecule has 1 N–H and O–H groups in total. The van der Waals surface area contributed by atoms with Gasteiger partial charge in [-0.15, -0.1) is 0 Å². The summed E-state index contributed by atoms with van der Waals surface area (Å²) in [6.45, 7) is 0.0205. The fourth-order valence-electron chi connectivity index (χ4n) is 2.89. The number of halogens is 4. The predicted octanol–water partition coefficient (Wildman–Crippen LogP) is 3.97. The van der Waals surface area contributed by atoms with E-state index < -0.39 is 12.1 Å². The molecule has 132 valence electrons. The first-order valence-electron chi connectivity index (χ1n) is 7.69. The molecular weight excluding hydrogens is 355 g/mol. The summed E-state index contributed by atoms with van der Waals surface area (Å²) in [5.74, 6) is -1.80. The summed E-state index contributed by atoms with van der Waals surface area (Å²) in [6, 6.07) is 7.09. The highest BCUT2D eigenvalue weighted by atomic mass is 35.5. The topological polar surface area (TPSA) is 45.2 Å². The van der Waals surface area contributed by atoms with E-state index >= 15 is 0 Å². The van der Waals surface area contributed by atoms with Crippen molar-refractivity contribution in [1.82, 2.24) is 9.88 Å². The van der Waals surface area contributed by atoms with Crippen LogP contribution in [0.4, 0.5) is 24.5 Å². The quantitative estimate of drug-likeness (QED) is 0.871. The molecular formula is C17H15ClF3N3O. The third kappa shape index (κ3) is 3.87. The van der Waals surface area contributed by atoms with Crippen molar-refractivity contribution in [2.75, 3.05) is 18.4 Å². The third-order valence-electron chi connectivity index (χ3n) is 4.10. The van der Waals surface area contributed by atoms with Crippen LogP contribution in [0.5, 0.6) is 0 Å². The number of hydrogen-bond donors (Lipinski definition) is 1. The molecule has 25 heavy (non-hydrogen) atoms. The Morgan fingerprint density at radius 1 is 1.20 bits per heavy atom. The molecule has 0 aliphatic carbocycles. The lowest BCUT2D eigenvalue weighted by Crippen LogP contribution is -2.42. The third-order valence-corrected chi connectivity index (χ3v) is 4.42. The van der Waals surface area contributed by atoms with E-state index in [0.29, 0.717) is 23.6 Å². The Morgan fingerprint density at radius 2 is 1.96 bits per heavy atom. The van der Waals surface area contributed by atoms with E-state index in [0.717, 1.165) is 21.7 Å². The Bertz CT molecular complexity index is 781. The van der Waals surface area contributed by atoms with E-state index in [1.807, 2.05) is 6.07 Å². The molecule has 8 heteroatoms. The van der Waals surface area contributed by atoms with Crippen LogP contribution in [0.1, 0.15) is 11.1 Å². The summed E-state index contributed by atoms with van der Waals surface area (Å²) >= 11 is 6.29. The van der Waals surface area contributed by atoms with Gasteiger partial charge in [-0.05, 0) is 42.2 Å². The highest BCUT2D eigenvalue weighted by molar-refractivity contribution is 6.33. The van der Waals surface area contributed by atoms with Crippen molar-refractivity contribution >= 4 is 28.9 Å². The first-order valence-corrected chi connectivity index (χ1v) is 8.07. The summed E-state index contributed by atoms with van der Waals surface area (Å²) in [4.78, 5) is 16.4. The number of benzene rings is 1. The van der Waals surface area contributed by atoms with Crippen LogP contribution in [0.3, 0.4) is 0 Å². The SMILES string of the molecule is O=C(N1CCc2ccc(Cl)c(Nc3cccnc3)c2CC1)C(F)(F)F. The summed E-state index contributed by atoms with van der Waals surface area (Å²) in [5.41, 5.74) is 3.08. The molecule has 0 spiro atoms. The molecule has 2 heterocycles. The minimum atomic E-state index is -4.86. The minimum absolute atomic E-state index is 0.00654. The molecule has 0 fully saturated rings. The second kappa shape index (κ2) is 6.92. The molecule has 1 aliphatic rings. The van der Waals surface area contributed by atoms with E-state index in [-0.39, 0.29) is 13.1 Å². The number of carbonyl (C=O) groups is 1. The van der Waals surface area contributed by atoms with Gasteiger partial charge in [0, 0.05) is 19.3 Å². The van der Waals surface area contributed by atoms with Gasteiger partial charge in [-0.1, -0.05) is 17.7 Å². The maximum atomic E-state index is 12.7. The van der Waals surface area contributed by atoms with E-state index in [4.69, 9.17) is 11.6 Å². The number of hydrogen-bond acceptors (Lipinski definition) is 3. The molecule has 0 atom stereocenters. The number of pyridine rings is 1. The molecule has 2 aromatic rings. The number of alkyl halides is 3. The monoisotopic (exact) mass is 369 g/mol. The average molecular weight is 370 g/mol. The van der Waals surface area contributed by atoms with Gasteiger partial charge in [-0.3, -0.25) is 9.78 Å². The molecule has 1 aliphatic heterocycles. The first-order chi connectivity index (χ1) is 11.9. The van der Waals surface area contributed by atoms with Gasteiger partial charge in [0.2, 0.25) is 0 Å². The molecule has 0 unspecified atom stereocenters. The molecule has 1 aromatic heterocycles. The van der Waals surface area contributed by atoms with E-state index in [1.165, 1.54) is 0 Å². The second-order valence-corrected chi connectivity index (χ2v) is 6.12. The number of amides is 1. The van der Waals surface area contributed by atoms with Crippen LogP contribution in [0.25, 0.3) is 0 Å². The Labute approximate surface area is 147 Å². The number of nitrogens with one attached hydrogen (secondary N) is 1. The zero-order valence-electron chi connectivity index (χ0n) is 13.1. The van der Waals surface area contributed by atoms with Crippen molar-refractivity contribution in [2.24, 2.45) is 0 Å². The van der Waals surface area contributed by atoms with Crippen molar-refractivity contribution in [2.45, 2.75) is 19.0 Å². The predicted molar refractivity (Wildman–Crippen MR) is 89.0 cm³/mol. The van der Waals surface area contributed by atoms with Gasteiger partial charge >= 0.3 is 12.1 Å². The van der Waals surface area contributed by atoms with Crippen molar-refractivity contribution in [3.8, 4) is 0 Å². The van der Waals surface area contributed by atoms with E-state index in [2.05, 4.69) is 10.3 Å². The van der Waals surface area contributed by atoms with Gasteiger partial charge in [-0.2, -0.15) is 13.2 Å². The van der Waals surface area contributed by atoms with Crippen LogP contribution in [-0.4, -0.2) is 35.1 Å². The fraction of sp³-hybridized carbons (Fsp3) is 0.294. The zero-order chi connectivity index (χ0) is 18.0. The van der Waals surface area contributed by atoms with Crippen LogP contribution in [-0.2, 0) is 17.6 Å². The molecule has 0 bridgehead atoms. The second-order valence-electron chi connectivity index (χ2n) is 5.72. The summed E-state index contributed by atoms with van der Waals surface area (Å²) in [7, 11) is 0. The van der Waals surface area contributed by atoms with Crippen molar-refractivity contribution in [1.29, 1.82) is 0 Å². The molecule has 3 rings (SSSR count). The Balaban J connectivity index is 1.88. The summed E-state index contributed by atoms with van der Waals surface area (Å²) < 4.78 is 38.1. The first kappa shape index (κ1) is 17.5. The Kier molecular flexibility index (Phi) is 4.85. The number of anilines is 2. The van der Waals surface area contributed by atoms with Gasteiger partial charge in [0.15, 0.2) is 0 Å². The lowest BCUT2D eigenvalue weighted by atomic mass is 10.0. The van der Waals surface area contributed by atoms with Gasteiger partial charge in [0.1, 0.15) is 0 Å². The summed E-state index contributed by atoms with van der Waals surface area (Å²) in [6.07, 6.45) is -0.952. The maximum absolute atomic E-state index is 12.7. The normalized spacial score (nSPS) is 14.6. The molecule has 4 nitrogen and oxygen atoms in total. The minimum Gasteiger partial charge on any atom is -0.353 e. The zero-order valence-corrected chi connectivity index (χ0v) is 13.9. The van der Waals surface area contributed by atoms with E-state index in [9.17, 15) is 18.0 Å². The smallest absolute Gasteiger partial charge is 0.353 e. The van der Waals surface area contributed by atoms with Gasteiger partial charge < -0.3 is 10.2 Å². The number of aromatic nitrogens is 1. The van der Waals surface area contributed by atoms with Crippen molar-refractivity contribution in [3.05, 3.63) is 52.8 Å². The van der Waals surface area contributed by atoms with Gasteiger partial charge in [0.25, 0.3) is 0 Å². The van der Waals surface area contributed by atoms with Gasteiger partial charge in [-0.25, -0.2) is 0 Å².